The van der Waals surface area contributed by atoms with Gasteiger partial charge in [-0.3, -0.25) is 4.79 Å². The van der Waals surface area contributed by atoms with Crippen molar-refractivity contribution in [1.29, 1.82) is 0 Å². The highest BCUT2D eigenvalue weighted by atomic mass is 16.6. The molecular formula is C44H46O9. The van der Waals surface area contributed by atoms with Crippen LogP contribution >= 0.6 is 0 Å². The van der Waals surface area contributed by atoms with Crippen molar-refractivity contribution in [1.82, 2.24) is 0 Å². The highest BCUT2D eigenvalue weighted by Crippen LogP contribution is 2.48. The van der Waals surface area contributed by atoms with Crippen LogP contribution in [0.2, 0.25) is 0 Å². The number of aliphatic hydroxyl groups excluding tert-OH is 1. The summed E-state index contributed by atoms with van der Waals surface area (Å²) < 4.78 is 30.4. The third-order valence-electron chi connectivity index (χ3n) is 10.8. The number of allylic oxidation sites excluding steroid dienone is 3. The predicted molar refractivity (Wildman–Crippen MR) is 200 cm³/mol. The Morgan fingerprint density at radius 3 is 2.42 bits per heavy atom. The average molecular weight is 719 g/mol. The summed E-state index contributed by atoms with van der Waals surface area (Å²) in [5.74, 6) is -0.584. The third-order valence-corrected chi connectivity index (χ3v) is 10.8. The molecule has 0 saturated carbocycles. The molecule has 1 aliphatic carbocycles. The predicted octanol–water partition coefficient (Wildman–Crippen LogP) is 7.79. The molecule has 4 heterocycles. The SMILES string of the molecule is CC(C)=C1CCc2ccc(cc2)[C@H]2C=C[C@@H](c3ccccc3)C[C@H]2CC(=O)O[C@H]2c3c(ccc4cc(CCOCO)c(=O)oc34)OC(C)(C)[C@H]2OC1=O. The summed E-state index contributed by atoms with van der Waals surface area (Å²) in [6.45, 7) is 7.04. The first-order valence-corrected chi connectivity index (χ1v) is 18.4. The number of esters is 2. The molecule has 9 nitrogen and oxygen atoms in total. The van der Waals surface area contributed by atoms with E-state index in [1.54, 1.807) is 32.0 Å². The topological polar surface area (TPSA) is 122 Å². The molecule has 1 N–H and O–H groups in total. The van der Waals surface area contributed by atoms with Crippen molar-refractivity contribution in [2.75, 3.05) is 13.4 Å². The van der Waals surface area contributed by atoms with Crippen LogP contribution in [0.15, 0.2) is 105 Å². The maximum Gasteiger partial charge on any atom is 0.339 e. The van der Waals surface area contributed by atoms with Gasteiger partial charge in [0.15, 0.2) is 12.2 Å². The zero-order chi connectivity index (χ0) is 37.3. The molecule has 0 unspecified atom stereocenters. The Labute approximate surface area is 309 Å². The maximum absolute atomic E-state index is 14.4. The van der Waals surface area contributed by atoms with E-state index in [0.29, 0.717) is 40.7 Å². The van der Waals surface area contributed by atoms with E-state index < -0.39 is 42.2 Å². The molecule has 9 heteroatoms. The molecule has 5 atom stereocenters. The molecular weight excluding hydrogens is 672 g/mol. The number of fused-ring (bicyclic) bond motifs is 11. The number of carbonyl (C=O) groups is 2. The van der Waals surface area contributed by atoms with E-state index in [1.165, 1.54) is 5.56 Å². The van der Waals surface area contributed by atoms with Crippen molar-refractivity contribution in [3.8, 4) is 5.75 Å². The van der Waals surface area contributed by atoms with Gasteiger partial charge in [0.25, 0.3) is 0 Å². The standard InChI is InChI=1S/C44H46O9/c1-26(2)34-17-12-27-10-13-29(14-11-27)35-18-15-30(28-8-6-5-7-9-28)22-33(35)24-37(46)50-40-38-36(53-44(3,4)41(40)52-43(34)48)19-16-31-23-32(20-21-49-25-45)42(47)51-39(31)38/h5-11,13-16,18-19,23,30,33,35,40-41,45H,12,17,20-22,24-25H2,1-4H3/t30-,33+,35-,40+,41+/m1/s1. The Bertz CT molecular complexity index is 2100. The molecule has 276 valence electrons. The molecule has 2 bridgehead atoms. The molecule has 0 saturated heterocycles. The first-order valence-electron chi connectivity index (χ1n) is 18.4. The zero-order valence-electron chi connectivity index (χ0n) is 30.6. The van der Waals surface area contributed by atoms with Crippen LogP contribution in [-0.2, 0) is 36.6 Å². The summed E-state index contributed by atoms with van der Waals surface area (Å²) >= 11 is 0. The van der Waals surface area contributed by atoms with Gasteiger partial charge in [0.1, 0.15) is 23.7 Å². The number of carbonyl (C=O) groups excluding carboxylic acids is 2. The van der Waals surface area contributed by atoms with Gasteiger partial charge in [-0.25, -0.2) is 9.59 Å². The fourth-order valence-electron chi connectivity index (χ4n) is 8.02. The number of hydrogen-bond donors (Lipinski definition) is 1. The molecule has 4 aromatic rings. The highest BCUT2D eigenvalue weighted by Gasteiger charge is 2.50. The van der Waals surface area contributed by atoms with Gasteiger partial charge in [-0.2, -0.15) is 0 Å². The Hall–Kier alpha value is -4.99. The molecule has 8 rings (SSSR count). The lowest BCUT2D eigenvalue weighted by Crippen LogP contribution is -2.52. The Morgan fingerprint density at radius 2 is 1.68 bits per heavy atom. The molecule has 0 fully saturated rings. The van der Waals surface area contributed by atoms with Crippen LogP contribution in [0, 0.1) is 5.92 Å². The van der Waals surface area contributed by atoms with Gasteiger partial charge in [-0.05, 0) is 87.8 Å². The van der Waals surface area contributed by atoms with Gasteiger partial charge < -0.3 is 28.5 Å². The van der Waals surface area contributed by atoms with Crippen LogP contribution in [0.5, 0.6) is 5.75 Å². The van der Waals surface area contributed by atoms with Crippen molar-refractivity contribution < 1.29 is 38.1 Å². The summed E-state index contributed by atoms with van der Waals surface area (Å²) in [6.07, 6.45) is 4.42. The first-order chi connectivity index (χ1) is 25.5. The Kier molecular flexibility index (Phi) is 10.4. The van der Waals surface area contributed by atoms with E-state index in [1.807, 2.05) is 32.0 Å². The van der Waals surface area contributed by atoms with Gasteiger partial charge in [0, 0.05) is 41.2 Å². The van der Waals surface area contributed by atoms with Gasteiger partial charge in [-0.1, -0.05) is 72.3 Å². The van der Waals surface area contributed by atoms with Gasteiger partial charge in [0.05, 0.1) is 12.2 Å². The summed E-state index contributed by atoms with van der Waals surface area (Å²) in [5.41, 5.74) is 3.93. The van der Waals surface area contributed by atoms with Gasteiger partial charge in [-0.15, -0.1) is 0 Å². The molecule has 0 amide bonds. The van der Waals surface area contributed by atoms with E-state index in [9.17, 15) is 14.4 Å². The second-order valence-corrected chi connectivity index (χ2v) is 15.0. The quantitative estimate of drug-likeness (QED) is 0.0551. The normalized spacial score (nSPS) is 24.0. The monoisotopic (exact) mass is 718 g/mol. The third kappa shape index (κ3) is 7.59. The van der Waals surface area contributed by atoms with Crippen LogP contribution in [0.3, 0.4) is 0 Å². The summed E-state index contributed by atoms with van der Waals surface area (Å²) in [4.78, 5) is 41.8. The van der Waals surface area contributed by atoms with Gasteiger partial charge >= 0.3 is 17.6 Å². The lowest BCUT2D eigenvalue weighted by atomic mass is 9.72. The van der Waals surface area contributed by atoms with Crippen molar-refractivity contribution in [2.45, 2.75) is 89.4 Å². The summed E-state index contributed by atoms with van der Waals surface area (Å²) in [7, 11) is 0. The fourth-order valence-corrected chi connectivity index (χ4v) is 8.02. The molecule has 4 aliphatic rings. The molecule has 3 aromatic carbocycles. The fraction of sp³-hybridized carbons (Fsp3) is 0.386. The molecule has 53 heavy (non-hydrogen) atoms. The number of ether oxygens (including phenoxy) is 4. The molecule has 1 aromatic heterocycles. The number of hydrogen-bond acceptors (Lipinski definition) is 9. The molecule has 0 radical (unpaired) electrons. The van der Waals surface area contributed by atoms with Crippen LogP contribution in [0.4, 0.5) is 0 Å². The van der Waals surface area contributed by atoms with Crippen molar-refractivity contribution in [3.05, 3.63) is 134 Å². The number of aliphatic hydroxyl groups is 1. The first kappa shape index (κ1) is 36.4. The second-order valence-electron chi connectivity index (χ2n) is 15.0. The average Bonchev–Trinajstić information content (AvgIpc) is 3.13. The number of benzene rings is 3. The van der Waals surface area contributed by atoms with E-state index in [-0.39, 0.29) is 42.8 Å². The van der Waals surface area contributed by atoms with Crippen molar-refractivity contribution in [3.63, 3.8) is 0 Å². The minimum Gasteiger partial charge on any atom is -0.483 e. The Balaban J connectivity index is 1.33. The minimum absolute atomic E-state index is 0.0167. The Morgan fingerprint density at radius 1 is 0.906 bits per heavy atom. The number of rotatable bonds is 5. The summed E-state index contributed by atoms with van der Waals surface area (Å²) in [6, 6.07) is 24.0. The van der Waals surface area contributed by atoms with Crippen molar-refractivity contribution >= 4 is 22.9 Å². The molecule has 3 aliphatic heterocycles. The number of aryl methyl sites for hydroxylation is 1. The maximum atomic E-state index is 14.4. The van der Waals surface area contributed by atoms with E-state index >= 15 is 0 Å². The highest BCUT2D eigenvalue weighted by molar-refractivity contribution is 5.90. The smallest absolute Gasteiger partial charge is 0.339 e. The van der Waals surface area contributed by atoms with Crippen molar-refractivity contribution in [2.24, 2.45) is 5.92 Å². The van der Waals surface area contributed by atoms with Gasteiger partial charge in [0.2, 0.25) is 0 Å². The molecule has 0 spiro atoms. The van der Waals surface area contributed by atoms with E-state index in [4.69, 9.17) is 28.5 Å². The van der Waals surface area contributed by atoms with Crippen LogP contribution in [-0.4, -0.2) is 42.1 Å². The lowest BCUT2D eigenvalue weighted by Gasteiger charge is -2.43. The largest absolute Gasteiger partial charge is 0.483 e. The lowest BCUT2D eigenvalue weighted by molar-refractivity contribution is -0.188. The summed E-state index contributed by atoms with van der Waals surface area (Å²) in [5, 5.41) is 9.63. The second kappa shape index (κ2) is 15.2. The van der Waals surface area contributed by atoms with Crippen LogP contribution in [0.25, 0.3) is 11.0 Å². The van der Waals surface area contributed by atoms with Crippen LogP contribution in [0.1, 0.15) is 92.7 Å². The minimum atomic E-state index is -1.15. The van der Waals surface area contributed by atoms with Crippen LogP contribution < -0.4 is 10.4 Å². The zero-order valence-corrected chi connectivity index (χ0v) is 30.6. The van der Waals surface area contributed by atoms with E-state index in [2.05, 4.69) is 48.6 Å². The van der Waals surface area contributed by atoms with E-state index in [0.717, 1.165) is 23.1 Å².